The first-order valence-corrected chi connectivity index (χ1v) is 8.62. The van der Waals surface area contributed by atoms with E-state index >= 15 is 0 Å². The lowest BCUT2D eigenvalue weighted by Gasteiger charge is -2.15. The number of hydrogen-bond acceptors (Lipinski definition) is 5. The van der Waals surface area contributed by atoms with Gasteiger partial charge in [-0.15, -0.1) is 0 Å². The van der Waals surface area contributed by atoms with Crippen molar-refractivity contribution in [3.8, 4) is 0 Å². The van der Waals surface area contributed by atoms with Crippen molar-refractivity contribution in [2.45, 2.75) is 11.8 Å². The van der Waals surface area contributed by atoms with Gasteiger partial charge in [0.1, 0.15) is 0 Å². The largest absolute Gasteiger partial charge is 0.465 e. The molecular weight excluding hydrogens is 346 g/mol. The van der Waals surface area contributed by atoms with Gasteiger partial charge in [0.2, 0.25) is 0 Å². The number of hydrogen-bond donors (Lipinski definition) is 0. The van der Waals surface area contributed by atoms with Crippen molar-refractivity contribution in [3.63, 3.8) is 0 Å². The Morgan fingerprint density at radius 2 is 1.90 bits per heavy atom. The predicted octanol–water partition coefficient (Wildman–Crippen LogP) is 1.72. The highest BCUT2D eigenvalue weighted by molar-refractivity contribution is 9.10. The molecule has 1 rings (SSSR count). The Labute approximate surface area is 128 Å². The Morgan fingerprint density at radius 3 is 2.45 bits per heavy atom. The van der Waals surface area contributed by atoms with Crippen LogP contribution < -0.4 is 0 Å². The summed E-state index contributed by atoms with van der Waals surface area (Å²) in [5.74, 6) is -0.388. The molecule has 7 heteroatoms. The van der Waals surface area contributed by atoms with Gasteiger partial charge in [-0.25, -0.2) is 8.42 Å². The van der Waals surface area contributed by atoms with Gasteiger partial charge in [-0.1, -0.05) is 15.9 Å². The van der Waals surface area contributed by atoms with Gasteiger partial charge in [-0.2, -0.15) is 0 Å². The van der Waals surface area contributed by atoms with Gasteiger partial charge in [0.25, 0.3) is 0 Å². The Morgan fingerprint density at radius 1 is 1.30 bits per heavy atom. The van der Waals surface area contributed by atoms with Crippen LogP contribution in [0.15, 0.2) is 33.6 Å². The molecule has 0 heterocycles. The minimum Gasteiger partial charge on any atom is -0.465 e. The summed E-state index contributed by atoms with van der Waals surface area (Å²) in [4.78, 5) is 13.2. The number of nitrogens with zero attached hydrogens (tertiary/aromatic N) is 1. The molecule has 0 saturated heterocycles. The molecule has 112 valence electrons. The summed E-state index contributed by atoms with van der Waals surface area (Å²) in [6, 6.07) is 6.50. The monoisotopic (exact) mass is 363 g/mol. The molecule has 0 aromatic heterocycles. The van der Waals surface area contributed by atoms with E-state index in [2.05, 4.69) is 15.9 Å². The van der Waals surface area contributed by atoms with Crippen LogP contribution in [0.5, 0.6) is 0 Å². The molecule has 20 heavy (non-hydrogen) atoms. The van der Waals surface area contributed by atoms with Crippen LogP contribution in [0.25, 0.3) is 0 Å². The van der Waals surface area contributed by atoms with Gasteiger partial charge in [0, 0.05) is 11.0 Å². The Bertz CT molecular complexity index is 542. The molecule has 0 atom stereocenters. The van der Waals surface area contributed by atoms with E-state index in [-0.39, 0.29) is 29.7 Å². The van der Waals surface area contributed by atoms with Crippen molar-refractivity contribution in [2.75, 3.05) is 32.5 Å². The van der Waals surface area contributed by atoms with E-state index in [9.17, 15) is 13.2 Å². The quantitative estimate of drug-likeness (QED) is 0.690. The molecular formula is C13H18BrNO4S. The summed E-state index contributed by atoms with van der Waals surface area (Å²) in [6.07, 6.45) is 0. The van der Waals surface area contributed by atoms with Gasteiger partial charge >= 0.3 is 5.97 Å². The molecule has 1 aromatic rings. The molecule has 0 saturated carbocycles. The summed E-state index contributed by atoms with van der Waals surface area (Å²) < 4.78 is 29.8. The molecule has 5 nitrogen and oxygen atoms in total. The van der Waals surface area contributed by atoms with Crippen molar-refractivity contribution >= 4 is 31.7 Å². The van der Waals surface area contributed by atoms with E-state index < -0.39 is 9.84 Å². The lowest BCUT2D eigenvalue weighted by molar-refractivity contribution is -0.144. The average Bonchev–Trinajstić information content (AvgIpc) is 2.37. The van der Waals surface area contributed by atoms with Crippen molar-refractivity contribution in [1.29, 1.82) is 0 Å². The summed E-state index contributed by atoms with van der Waals surface area (Å²) in [6.45, 7) is 2.42. The average molecular weight is 364 g/mol. The summed E-state index contributed by atoms with van der Waals surface area (Å²) >= 11 is 3.26. The van der Waals surface area contributed by atoms with Crippen molar-refractivity contribution in [1.82, 2.24) is 4.90 Å². The molecule has 0 aliphatic carbocycles. The van der Waals surface area contributed by atoms with Crippen LogP contribution >= 0.6 is 15.9 Å². The molecule has 0 unspecified atom stereocenters. The highest BCUT2D eigenvalue weighted by atomic mass is 79.9. The van der Waals surface area contributed by atoms with Crippen LogP contribution in [0.3, 0.4) is 0 Å². The maximum atomic E-state index is 12.1. The third-order valence-electron chi connectivity index (χ3n) is 2.62. The second kappa shape index (κ2) is 7.75. The lowest BCUT2D eigenvalue weighted by atomic mass is 10.4. The van der Waals surface area contributed by atoms with E-state index in [1.54, 1.807) is 43.1 Å². The Kier molecular flexibility index (Phi) is 6.64. The summed E-state index contributed by atoms with van der Waals surface area (Å²) in [5.41, 5.74) is 0. The zero-order valence-electron chi connectivity index (χ0n) is 11.5. The zero-order chi connectivity index (χ0) is 15.2. The molecule has 0 N–H and O–H groups in total. The standard InChI is InChI=1S/C13H18BrNO4S/c1-3-19-13(16)10-15(2)8-9-20(17,18)12-6-4-11(14)5-7-12/h4-7H,3,8-10H2,1-2H3. The third-order valence-corrected chi connectivity index (χ3v) is 4.86. The number of likely N-dealkylation sites (N-methyl/N-ethyl adjacent to an activating group) is 1. The number of carbonyl (C=O) groups is 1. The fraction of sp³-hybridized carbons (Fsp3) is 0.462. The van der Waals surface area contributed by atoms with Crippen molar-refractivity contribution in [2.24, 2.45) is 0 Å². The van der Waals surface area contributed by atoms with Gasteiger partial charge < -0.3 is 4.74 Å². The van der Waals surface area contributed by atoms with Gasteiger partial charge in [-0.05, 0) is 38.2 Å². The van der Waals surface area contributed by atoms with Crippen molar-refractivity contribution < 1.29 is 17.9 Å². The van der Waals surface area contributed by atoms with Crippen LogP contribution in [-0.2, 0) is 19.4 Å². The van der Waals surface area contributed by atoms with Crippen LogP contribution in [0.1, 0.15) is 6.92 Å². The van der Waals surface area contributed by atoms with Crippen molar-refractivity contribution in [3.05, 3.63) is 28.7 Å². The van der Waals surface area contributed by atoms with E-state index in [4.69, 9.17) is 4.74 Å². The minimum atomic E-state index is -3.33. The minimum absolute atomic E-state index is 0.0372. The van der Waals surface area contributed by atoms with Crippen LogP contribution in [0.2, 0.25) is 0 Å². The number of carbonyl (C=O) groups excluding carboxylic acids is 1. The van der Waals surface area contributed by atoms with Gasteiger partial charge in [-0.3, -0.25) is 9.69 Å². The molecule has 1 aromatic carbocycles. The normalized spacial score (nSPS) is 11.6. The van der Waals surface area contributed by atoms with E-state index in [0.29, 0.717) is 6.61 Å². The number of ether oxygens (including phenoxy) is 1. The van der Waals surface area contributed by atoms with E-state index in [1.165, 1.54) is 0 Å². The Balaban J connectivity index is 2.55. The molecule has 0 aliphatic heterocycles. The number of rotatable bonds is 7. The number of halogens is 1. The zero-order valence-corrected chi connectivity index (χ0v) is 13.9. The topological polar surface area (TPSA) is 63.7 Å². The molecule has 0 radical (unpaired) electrons. The highest BCUT2D eigenvalue weighted by Crippen LogP contribution is 2.15. The number of esters is 1. The van der Waals surface area contributed by atoms with Crippen LogP contribution in [0, 0.1) is 0 Å². The highest BCUT2D eigenvalue weighted by Gasteiger charge is 2.16. The maximum Gasteiger partial charge on any atom is 0.320 e. The van der Waals surface area contributed by atoms with Gasteiger partial charge in [0.15, 0.2) is 9.84 Å². The lowest BCUT2D eigenvalue weighted by Crippen LogP contribution is -2.31. The van der Waals surface area contributed by atoms with E-state index in [0.717, 1.165) is 4.47 Å². The second-order valence-corrected chi connectivity index (χ2v) is 7.34. The molecule has 0 fully saturated rings. The first kappa shape index (κ1) is 17.1. The smallest absolute Gasteiger partial charge is 0.320 e. The fourth-order valence-electron chi connectivity index (χ4n) is 1.54. The number of benzene rings is 1. The summed E-state index contributed by atoms with van der Waals surface area (Å²) in [7, 11) is -1.65. The first-order chi connectivity index (χ1) is 9.35. The fourth-order valence-corrected chi connectivity index (χ4v) is 3.14. The van der Waals surface area contributed by atoms with Gasteiger partial charge in [0.05, 0.1) is 23.8 Å². The summed E-state index contributed by atoms with van der Waals surface area (Å²) in [5, 5.41) is 0. The molecule has 0 amide bonds. The van der Waals surface area contributed by atoms with Crippen LogP contribution in [-0.4, -0.2) is 51.8 Å². The maximum absolute atomic E-state index is 12.1. The Hall–Kier alpha value is -0.920. The van der Waals surface area contributed by atoms with Crippen LogP contribution in [0.4, 0.5) is 0 Å². The molecule has 0 aliphatic rings. The first-order valence-electron chi connectivity index (χ1n) is 6.17. The molecule has 0 bridgehead atoms. The predicted molar refractivity (Wildman–Crippen MR) is 80.3 cm³/mol. The molecule has 0 spiro atoms. The second-order valence-electron chi connectivity index (χ2n) is 4.32. The van der Waals surface area contributed by atoms with E-state index in [1.807, 2.05) is 0 Å². The SMILES string of the molecule is CCOC(=O)CN(C)CCS(=O)(=O)c1ccc(Br)cc1. The number of sulfone groups is 1. The third kappa shape index (κ3) is 5.60.